The lowest BCUT2D eigenvalue weighted by Crippen LogP contribution is -2.52. The molecule has 9 heteroatoms. The maximum absolute atomic E-state index is 12.6. The van der Waals surface area contributed by atoms with Crippen LogP contribution in [-0.4, -0.2) is 91.6 Å². The van der Waals surface area contributed by atoms with E-state index in [9.17, 15) is 14.4 Å². The molecule has 2 rings (SSSR count). The molecule has 0 bridgehead atoms. The number of aryl methyl sites for hydroxylation is 1. The number of hydrogen-bond acceptors (Lipinski definition) is 6. The smallest absolute Gasteiger partial charge is 0.410 e. The summed E-state index contributed by atoms with van der Waals surface area (Å²) in [7, 11) is 3.34. The molecule has 1 aromatic carbocycles. The summed E-state index contributed by atoms with van der Waals surface area (Å²) in [6.45, 7) is 9.21. The number of carbonyl (C=O) groups is 3. The van der Waals surface area contributed by atoms with Gasteiger partial charge in [0.2, 0.25) is 5.91 Å². The van der Waals surface area contributed by atoms with Gasteiger partial charge in [0.05, 0.1) is 12.2 Å². The number of likely N-dealkylation sites (N-methyl/N-ethyl adjacent to an activating group) is 1. The number of anilines is 1. The van der Waals surface area contributed by atoms with E-state index in [1.54, 1.807) is 23.9 Å². The van der Waals surface area contributed by atoms with Crippen molar-refractivity contribution in [3.8, 4) is 5.75 Å². The van der Waals surface area contributed by atoms with Gasteiger partial charge < -0.3 is 29.5 Å². The summed E-state index contributed by atoms with van der Waals surface area (Å²) in [5.41, 5.74) is 1.10. The van der Waals surface area contributed by atoms with Gasteiger partial charge in [0.25, 0.3) is 5.91 Å². The first kappa shape index (κ1) is 24.3. The number of rotatable bonds is 6. The van der Waals surface area contributed by atoms with Crippen LogP contribution in [0.25, 0.3) is 0 Å². The van der Waals surface area contributed by atoms with Crippen LogP contribution in [0.4, 0.5) is 10.5 Å². The van der Waals surface area contributed by atoms with E-state index in [1.807, 2.05) is 45.9 Å². The molecule has 0 spiro atoms. The van der Waals surface area contributed by atoms with E-state index in [2.05, 4.69) is 5.32 Å². The second kappa shape index (κ2) is 10.4. The molecule has 9 nitrogen and oxygen atoms in total. The molecule has 172 valence electrons. The first-order chi connectivity index (χ1) is 14.5. The molecule has 1 aromatic rings. The molecule has 1 fully saturated rings. The van der Waals surface area contributed by atoms with Gasteiger partial charge in [0, 0.05) is 40.3 Å². The molecule has 0 unspecified atom stereocenters. The zero-order valence-electron chi connectivity index (χ0n) is 19.4. The summed E-state index contributed by atoms with van der Waals surface area (Å²) >= 11 is 0. The normalized spacial score (nSPS) is 14.1. The van der Waals surface area contributed by atoms with E-state index in [0.717, 1.165) is 5.56 Å². The van der Waals surface area contributed by atoms with Crippen LogP contribution >= 0.6 is 0 Å². The van der Waals surface area contributed by atoms with E-state index in [0.29, 0.717) is 37.6 Å². The van der Waals surface area contributed by atoms with Crippen LogP contribution in [0.1, 0.15) is 26.3 Å². The summed E-state index contributed by atoms with van der Waals surface area (Å²) in [4.78, 5) is 41.4. The number of benzene rings is 1. The number of nitrogens with zero attached hydrogens (tertiary/aromatic N) is 3. The fraction of sp³-hybridized carbons (Fsp3) is 0.591. The average molecular weight is 435 g/mol. The first-order valence-electron chi connectivity index (χ1n) is 10.4. The van der Waals surface area contributed by atoms with E-state index in [4.69, 9.17) is 9.47 Å². The van der Waals surface area contributed by atoms with Gasteiger partial charge in [-0.25, -0.2) is 4.79 Å². The SMILES string of the molecule is Cc1ccc(NCC(=O)N2CCN(C(=O)OC(C)(C)C)CC2)c(OCC(=O)N(C)C)c1. The molecule has 31 heavy (non-hydrogen) atoms. The highest BCUT2D eigenvalue weighted by Gasteiger charge is 2.27. The Morgan fingerprint density at radius 1 is 1.06 bits per heavy atom. The molecule has 1 saturated heterocycles. The third-order valence-electron chi connectivity index (χ3n) is 4.70. The summed E-state index contributed by atoms with van der Waals surface area (Å²) in [6.07, 6.45) is -0.355. The number of amides is 3. The zero-order chi connectivity index (χ0) is 23.2. The van der Waals surface area contributed by atoms with Gasteiger partial charge in [-0.05, 0) is 45.4 Å². The minimum atomic E-state index is -0.543. The Hall–Kier alpha value is -2.97. The van der Waals surface area contributed by atoms with Crippen LogP contribution in [0.2, 0.25) is 0 Å². The molecule has 0 saturated carbocycles. The van der Waals surface area contributed by atoms with Crippen molar-refractivity contribution in [1.29, 1.82) is 0 Å². The number of hydrogen-bond donors (Lipinski definition) is 1. The lowest BCUT2D eigenvalue weighted by Gasteiger charge is -2.35. The summed E-state index contributed by atoms with van der Waals surface area (Å²) < 4.78 is 11.0. The Labute approximate surface area is 184 Å². The van der Waals surface area contributed by atoms with Gasteiger partial charge in [-0.15, -0.1) is 0 Å². The van der Waals surface area contributed by atoms with E-state index in [1.165, 1.54) is 4.90 Å². The Bertz CT molecular complexity index is 796. The van der Waals surface area contributed by atoms with Crippen molar-refractivity contribution in [3.63, 3.8) is 0 Å². The van der Waals surface area contributed by atoms with E-state index in [-0.39, 0.29) is 31.1 Å². The Kier molecular flexibility index (Phi) is 8.13. The largest absolute Gasteiger partial charge is 0.482 e. The third kappa shape index (κ3) is 7.66. The predicted molar refractivity (Wildman–Crippen MR) is 118 cm³/mol. The van der Waals surface area contributed by atoms with Crippen LogP contribution in [0.5, 0.6) is 5.75 Å². The van der Waals surface area contributed by atoms with Crippen molar-refractivity contribution < 1.29 is 23.9 Å². The lowest BCUT2D eigenvalue weighted by molar-refractivity contribution is -0.131. The van der Waals surface area contributed by atoms with Gasteiger partial charge in [-0.1, -0.05) is 6.07 Å². The quantitative estimate of drug-likeness (QED) is 0.736. The van der Waals surface area contributed by atoms with Crippen molar-refractivity contribution in [1.82, 2.24) is 14.7 Å². The molecule has 1 aliphatic rings. The van der Waals surface area contributed by atoms with Crippen molar-refractivity contribution in [2.75, 3.05) is 58.7 Å². The molecule has 1 N–H and O–H groups in total. The van der Waals surface area contributed by atoms with E-state index < -0.39 is 5.60 Å². The van der Waals surface area contributed by atoms with Gasteiger partial charge in [0.15, 0.2) is 6.61 Å². The van der Waals surface area contributed by atoms with Crippen LogP contribution in [0.3, 0.4) is 0 Å². The summed E-state index contributed by atoms with van der Waals surface area (Å²) in [5, 5.41) is 3.11. The van der Waals surface area contributed by atoms with Crippen molar-refractivity contribution in [3.05, 3.63) is 23.8 Å². The molecule has 0 atom stereocenters. The first-order valence-corrected chi connectivity index (χ1v) is 10.4. The van der Waals surface area contributed by atoms with E-state index >= 15 is 0 Å². The number of nitrogens with one attached hydrogen (secondary N) is 1. The Morgan fingerprint density at radius 3 is 2.26 bits per heavy atom. The summed E-state index contributed by atoms with van der Waals surface area (Å²) in [6, 6.07) is 5.57. The van der Waals surface area contributed by atoms with Gasteiger partial charge in [0.1, 0.15) is 11.4 Å². The van der Waals surface area contributed by atoms with Crippen LogP contribution in [0, 0.1) is 6.92 Å². The van der Waals surface area contributed by atoms with Crippen molar-refractivity contribution in [2.24, 2.45) is 0 Å². The molecular formula is C22H34N4O5. The van der Waals surface area contributed by atoms with Crippen molar-refractivity contribution in [2.45, 2.75) is 33.3 Å². The standard InChI is InChI=1S/C22H34N4O5/c1-16-7-8-17(18(13-16)30-15-20(28)24(5)6)23-14-19(27)25-9-11-26(12-10-25)21(29)31-22(2,3)4/h7-8,13,23H,9-12,14-15H2,1-6H3. The molecule has 1 heterocycles. The zero-order valence-corrected chi connectivity index (χ0v) is 19.4. The monoisotopic (exact) mass is 434 g/mol. The molecule has 3 amide bonds. The predicted octanol–water partition coefficient (Wildman–Crippen LogP) is 1.95. The molecule has 0 radical (unpaired) electrons. The summed E-state index contributed by atoms with van der Waals surface area (Å²) in [5.74, 6) is 0.309. The van der Waals surface area contributed by atoms with Gasteiger partial charge >= 0.3 is 6.09 Å². The fourth-order valence-electron chi connectivity index (χ4n) is 2.91. The molecule has 1 aliphatic heterocycles. The minimum absolute atomic E-state index is 0.0697. The maximum atomic E-state index is 12.6. The number of ether oxygens (including phenoxy) is 2. The number of piperazine rings is 1. The maximum Gasteiger partial charge on any atom is 0.410 e. The van der Waals surface area contributed by atoms with Crippen molar-refractivity contribution >= 4 is 23.6 Å². The second-order valence-electron chi connectivity index (χ2n) is 8.78. The van der Waals surface area contributed by atoms with Crippen LogP contribution in [-0.2, 0) is 14.3 Å². The van der Waals surface area contributed by atoms with Crippen LogP contribution < -0.4 is 10.1 Å². The average Bonchev–Trinajstić information content (AvgIpc) is 2.69. The topological polar surface area (TPSA) is 91.4 Å². The highest BCUT2D eigenvalue weighted by Crippen LogP contribution is 2.25. The Balaban J connectivity index is 1.88. The lowest BCUT2D eigenvalue weighted by atomic mass is 10.2. The van der Waals surface area contributed by atoms with Gasteiger partial charge in [-0.3, -0.25) is 9.59 Å². The highest BCUT2D eigenvalue weighted by atomic mass is 16.6. The molecule has 0 aromatic heterocycles. The van der Waals surface area contributed by atoms with Crippen LogP contribution in [0.15, 0.2) is 18.2 Å². The highest BCUT2D eigenvalue weighted by molar-refractivity contribution is 5.82. The number of carbonyl (C=O) groups excluding carboxylic acids is 3. The second-order valence-corrected chi connectivity index (χ2v) is 8.78. The van der Waals surface area contributed by atoms with Gasteiger partial charge in [-0.2, -0.15) is 0 Å². The minimum Gasteiger partial charge on any atom is -0.482 e. The Morgan fingerprint density at radius 2 is 1.68 bits per heavy atom. The molecule has 0 aliphatic carbocycles. The third-order valence-corrected chi connectivity index (χ3v) is 4.70. The molecular weight excluding hydrogens is 400 g/mol. The fourth-order valence-corrected chi connectivity index (χ4v) is 2.91.